The zero-order valence-electron chi connectivity index (χ0n) is 53.0. The highest BCUT2D eigenvalue weighted by atomic mass is 16.4. The van der Waals surface area contributed by atoms with Gasteiger partial charge in [0, 0.05) is 109 Å². The Labute approximate surface area is 541 Å². The summed E-state index contributed by atoms with van der Waals surface area (Å²) < 4.78 is 0. The van der Waals surface area contributed by atoms with Gasteiger partial charge in [-0.2, -0.15) is 0 Å². The van der Waals surface area contributed by atoms with Gasteiger partial charge in [-0.15, -0.1) is 0 Å². The molecule has 27 nitrogen and oxygen atoms in total. The van der Waals surface area contributed by atoms with Gasteiger partial charge in [-0.05, 0) is 99.6 Å². The zero-order valence-corrected chi connectivity index (χ0v) is 53.0. The smallest absolute Gasteiger partial charge is 0.326 e. The van der Waals surface area contributed by atoms with Crippen molar-refractivity contribution in [1.82, 2.24) is 71.5 Å². The maximum atomic E-state index is 15.4. The Morgan fingerprint density at radius 3 is 1.37 bits per heavy atom. The number of aromatic nitrogens is 5. The van der Waals surface area contributed by atoms with Crippen LogP contribution in [0.25, 0.3) is 32.7 Å². The number of para-hydroxylation sites is 3. The molecule has 0 spiro atoms. The minimum atomic E-state index is -1.39. The number of amides is 9. The highest BCUT2D eigenvalue weighted by Crippen LogP contribution is 2.27. The van der Waals surface area contributed by atoms with E-state index in [0.717, 1.165) is 32.7 Å². The van der Waals surface area contributed by atoms with Crippen LogP contribution >= 0.6 is 0 Å². The van der Waals surface area contributed by atoms with E-state index in [0.29, 0.717) is 41.6 Å². The number of nitrogens with two attached hydrogens (primary N) is 1. The van der Waals surface area contributed by atoms with E-state index in [1.165, 1.54) is 41.1 Å². The molecule has 3 saturated heterocycles. The number of nitrogens with one attached hydrogen (secondary N) is 10. The van der Waals surface area contributed by atoms with Gasteiger partial charge in [-0.3, -0.25) is 43.2 Å². The maximum Gasteiger partial charge on any atom is 0.326 e. The van der Waals surface area contributed by atoms with Crippen LogP contribution in [0.4, 0.5) is 0 Å². The number of hydrogen-bond donors (Lipinski definition) is 13. The van der Waals surface area contributed by atoms with Crippen molar-refractivity contribution in [2.75, 3.05) is 19.6 Å². The van der Waals surface area contributed by atoms with Gasteiger partial charge in [0.25, 0.3) is 0 Å². The number of benzene rings is 3. The molecule has 498 valence electrons. The fourth-order valence-corrected chi connectivity index (χ4v) is 13.2. The fourth-order valence-electron chi connectivity index (χ4n) is 13.2. The number of carboxylic acid groups (broad SMARTS) is 1. The summed E-state index contributed by atoms with van der Waals surface area (Å²) in [4.78, 5) is 164. The summed E-state index contributed by atoms with van der Waals surface area (Å²) in [5.74, 6) is -7.45. The summed E-state index contributed by atoms with van der Waals surface area (Å²) in [6, 6.07) is 10.00. The average Bonchev–Trinajstić information content (AvgIpc) is 1.64. The summed E-state index contributed by atoms with van der Waals surface area (Å²) in [6.07, 6.45) is 8.65. The lowest BCUT2D eigenvalue weighted by Gasteiger charge is -2.32. The van der Waals surface area contributed by atoms with E-state index < -0.39 is 126 Å². The Morgan fingerprint density at radius 1 is 0.511 bits per heavy atom. The van der Waals surface area contributed by atoms with Crippen LogP contribution in [-0.2, 0) is 73.6 Å². The average molecular weight is 1290 g/mol. The highest BCUT2D eigenvalue weighted by molar-refractivity contribution is 6.00. The SMILES string of the molecule is CC(C)C[C@H](NC(=O)[C@H](Cc1c[nH]c2ccccc12)NC(=O)[C@H](Cc1c[nH]c2ccccc12)NC(=O)[C@@H]1CCCN1C(=O)[C@H](Cc1c[nH]c2ccccc12)NC(=O)[C@@H](N)[C@@H](C)O)C(=O)N1CCC[C@H]1C(=O)N[C@@H](Cc1cnc[nH]1)C(=O)N[C@@H](C)C(=O)N1CCC[C@H]1C(=O)O. The third-order valence-electron chi connectivity index (χ3n) is 18.2. The van der Waals surface area contributed by atoms with Crippen LogP contribution in [-0.4, -0.2) is 195 Å². The number of carbonyl (C=O) groups is 10. The van der Waals surface area contributed by atoms with E-state index in [9.17, 15) is 39.0 Å². The lowest BCUT2D eigenvalue weighted by Crippen LogP contribution is -2.61. The largest absolute Gasteiger partial charge is 0.480 e. The fraction of sp³-hybridized carbons (Fsp3) is 0.448. The van der Waals surface area contributed by atoms with Crippen LogP contribution in [0.5, 0.6) is 0 Å². The van der Waals surface area contributed by atoms with Gasteiger partial charge in [0.15, 0.2) is 0 Å². The first kappa shape index (κ1) is 67.0. The van der Waals surface area contributed by atoms with Crippen LogP contribution in [0.15, 0.2) is 104 Å². The van der Waals surface area contributed by atoms with E-state index in [1.807, 2.05) is 86.6 Å². The molecular formula is C67H83N15O12. The van der Waals surface area contributed by atoms with E-state index in [4.69, 9.17) is 5.73 Å². The molecule has 0 bridgehead atoms. The maximum absolute atomic E-state index is 15.4. The number of nitrogens with zero attached hydrogens (tertiary/aromatic N) is 4. The van der Waals surface area contributed by atoms with E-state index in [-0.39, 0.29) is 76.9 Å². The summed E-state index contributed by atoms with van der Waals surface area (Å²) in [7, 11) is 0. The third-order valence-corrected chi connectivity index (χ3v) is 18.2. The second-order valence-electron chi connectivity index (χ2n) is 25.3. The Kier molecular flexibility index (Phi) is 21.2. The predicted octanol–water partition coefficient (Wildman–Crippen LogP) is 1.86. The molecule has 3 aliphatic heterocycles. The molecule has 14 N–H and O–H groups in total. The van der Waals surface area contributed by atoms with Crippen molar-refractivity contribution in [3.05, 3.63) is 126 Å². The van der Waals surface area contributed by atoms with Gasteiger partial charge in [0.1, 0.15) is 60.4 Å². The Morgan fingerprint density at radius 2 is 0.915 bits per heavy atom. The number of aliphatic carboxylic acids is 1. The molecule has 27 heteroatoms. The minimum absolute atomic E-state index is 0.00737. The molecule has 0 radical (unpaired) electrons. The quantitative estimate of drug-likeness (QED) is 0.0350. The molecule has 0 aliphatic carbocycles. The number of aliphatic hydroxyl groups is 1. The predicted molar refractivity (Wildman–Crippen MR) is 347 cm³/mol. The first-order valence-electron chi connectivity index (χ1n) is 32.2. The molecule has 10 rings (SSSR count). The summed E-state index contributed by atoms with van der Waals surface area (Å²) in [5, 5.41) is 39.4. The highest BCUT2D eigenvalue weighted by Gasteiger charge is 2.44. The Balaban J connectivity index is 0.896. The van der Waals surface area contributed by atoms with E-state index in [1.54, 1.807) is 18.6 Å². The van der Waals surface area contributed by atoms with Crippen molar-refractivity contribution in [2.24, 2.45) is 11.7 Å². The summed E-state index contributed by atoms with van der Waals surface area (Å²) in [6.45, 7) is 7.00. The van der Waals surface area contributed by atoms with Gasteiger partial charge in [0.05, 0.1) is 12.4 Å². The Bertz CT molecular complexity index is 3910. The monoisotopic (exact) mass is 1290 g/mol. The minimum Gasteiger partial charge on any atom is -0.480 e. The third kappa shape index (κ3) is 15.4. The summed E-state index contributed by atoms with van der Waals surface area (Å²) in [5.41, 5.74) is 10.9. The Hall–Kier alpha value is -9.89. The number of imidazole rings is 1. The number of rotatable bonds is 27. The molecule has 9 amide bonds. The van der Waals surface area contributed by atoms with Gasteiger partial charge >= 0.3 is 5.97 Å². The van der Waals surface area contributed by atoms with Gasteiger partial charge in [-0.25, -0.2) is 9.78 Å². The summed E-state index contributed by atoms with van der Waals surface area (Å²) >= 11 is 0. The van der Waals surface area contributed by atoms with Crippen LogP contribution < -0.4 is 37.6 Å². The molecule has 11 atom stereocenters. The van der Waals surface area contributed by atoms with Crippen molar-refractivity contribution >= 4 is 91.8 Å². The molecule has 4 aromatic heterocycles. The van der Waals surface area contributed by atoms with Crippen LogP contribution in [0.2, 0.25) is 0 Å². The van der Waals surface area contributed by atoms with Crippen LogP contribution in [0.1, 0.15) is 95.0 Å². The molecule has 3 fully saturated rings. The second kappa shape index (κ2) is 29.8. The van der Waals surface area contributed by atoms with E-state index in [2.05, 4.69) is 56.8 Å². The number of aliphatic hydroxyl groups excluding tert-OH is 1. The standard InChI is InChI=1S/C67H83N15O12/c1-36(2)26-52(65(91)80-23-11-21-55(80)62(88)77-51(30-42-34-69-35-73-42)58(84)74-37(3)64(90)82-25-13-22-56(82)67(93)94)78-60(86)49(27-39-31-70-46-17-8-5-14-43(39)46)75-59(85)50(28-40-32-71-47-18-9-6-15-44(40)47)76-61(87)54-20-12-24-81(54)66(92)53(79-63(89)57(68)38(4)83)29-41-33-72-48-19-10-7-16-45(41)48/h5-10,14-19,31-38,49-57,70-72,83H,11-13,20-30,68H2,1-4H3,(H,69,73)(H,74,84)(H,75,85)(H,76,87)(H,77,88)(H,78,86)(H,79,89)(H,93,94)/t37-,38+,49-,50-,51-,52-,53-,54-,55-,56-,57-/m0/s1. The zero-order chi connectivity index (χ0) is 66.9. The van der Waals surface area contributed by atoms with Gasteiger partial charge in [0.2, 0.25) is 53.2 Å². The molecule has 0 unspecified atom stereocenters. The van der Waals surface area contributed by atoms with Crippen molar-refractivity contribution in [3.8, 4) is 0 Å². The number of aromatic amines is 4. The molecular weight excluding hydrogens is 1210 g/mol. The topological polar surface area (TPSA) is 395 Å². The molecule has 0 saturated carbocycles. The van der Waals surface area contributed by atoms with Gasteiger partial charge < -0.3 is 82.5 Å². The van der Waals surface area contributed by atoms with Crippen molar-refractivity contribution in [2.45, 2.75) is 165 Å². The first-order chi connectivity index (χ1) is 45.1. The van der Waals surface area contributed by atoms with Crippen molar-refractivity contribution < 1.29 is 58.2 Å². The molecule has 7 heterocycles. The van der Waals surface area contributed by atoms with Gasteiger partial charge in [-0.1, -0.05) is 68.4 Å². The number of likely N-dealkylation sites (tertiary alicyclic amines) is 3. The molecule has 7 aromatic rings. The van der Waals surface area contributed by atoms with Crippen LogP contribution in [0, 0.1) is 5.92 Å². The lowest BCUT2D eigenvalue weighted by molar-refractivity contribution is -0.149. The van der Waals surface area contributed by atoms with Crippen molar-refractivity contribution in [1.29, 1.82) is 0 Å². The normalized spacial score (nSPS) is 19.1. The number of H-pyrrole nitrogens is 4. The van der Waals surface area contributed by atoms with Crippen molar-refractivity contribution in [3.63, 3.8) is 0 Å². The van der Waals surface area contributed by atoms with Crippen LogP contribution in [0.3, 0.4) is 0 Å². The first-order valence-corrected chi connectivity index (χ1v) is 32.2. The molecule has 3 aromatic carbocycles. The lowest BCUT2D eigenvalue weighted by atomic mass is 9.99. The van der Waals surface area contributed by atoms with E-state index >= 15 is 19.2 Å². The number of carboxylic acids is 1. The number of fused-ring (bicyclic) bond motifs is 3. The second-order valence-corrected chi connectivity index (χ2v) is 25.3. The molecule has 3 aliphatic rings. The number of carbonyl (C=O) groups excluding carboxylic acids is 9. The molecule has 94 heavy (non-hydrogen) atoms. The number of hydrogen-bond acceptors (Lipinski definition) is 13.